The van der Waals surface area contributed by atoms with E-state index in [-0.39, 0.29) is 0 Å². The number of hydrogen-bond acceptors (Lipinski definition) is 3. The van der Waals surface area contributed by atoms with E-state index in [0.29, 0.717) is 12.6 Å². The number of aliphatic hydroxyl groups is 1. The lowest BCUT2D eigenvalue weighted by Gasteiger charge is -2.26. The summed E-state index contributed by atoms with van der Waals surface area (Å²) < 4.78 is 1.09. The van der Waals surface area contributed by atoms with Gasteiger partial charge in [0.15, 0.2) is 0 Å². The molecule has 2 N–H and O–H groups in total. The third kappa shape index (κ3) is 3.74. The van der Waals surface area contributed by atoms with Gasteiger partial charge < -0.3 is 15.3 Å². The average molecular weight is 341 g/mol. The molecule has 2 rings (SSSR count). The lowest BCUT2D eigenvalue weighted by atomic mass is 10.0. The summed E-state index contributed by atoms with van der Waals surface area (Å²) in [4.78, 5) is 2.30. The van der Waals surface area contributed by atoms with E-state index < -0.39 is 5.60 Å². The summed E-state index contributed by atoms with van der Waals surface area (Å²) in [5.41, 5.74) is 1.97. The second-order valence-electron chi connectivity index (χ2n) is 6.05. The molecule has 0 bridgehead atoms. The molecule has 2 unspecified atom stereocenters. The molecule has 0 aromatic heterocycles. The highest BCUT2D eigenvalue weighted by molar-refractivity contribution is 9.10. The van der Waals surface area contributed by atoms with Gasteiger partial charge in [0.05, 0.1) is 5.60 Å². The van der Waals surface area contributed by atoms with Crippen molar-refractivity contribution in [2.45, 2.75) is 45.3 Å². The van der Waals surface area contributed by atoms with Crippen molar-refractivity contribution in [2.75, 3.05) is 24.5 Å². The summed E-state index contributed by atoms with van der Waals surface area (Å²) in [5, 5.41) is 13.7. The Kier molecular flexibility index (Phi) is 5.10. The number of halogens is 1. The molecule has 1 aliphatic rings. The Bertz CT molecular complexity index is 462. The number of anilines is 1. The van der Waals surface area contributed by atoms with E-state index in [2.05, 4.69) is 58.2 Å². The molecule has 1 fully saturated rings. The van der Waals surface area contributed by atoms with Crippen LogP contribution in [0.25, 0.3) is 0 Å². The topological polar surface area (TPSA) is 35.5 Å². The monoisotopic (exact) mass is 340 g/mol. The Labute approximate surface area is 130 Å². The molecule has 20 heavy (non-hydrogen) atoms. The Hall–Kier alpha value is -0.580. The van der Waals surface area contributed by atoms with Gasteiger partial charge in [-0.3, -0.25) is 0 Å². The molecule has 1 aromatic carbocycles. The Morgan fingerprint density at radius 2 is 2.25 bits per heavy atom. The minimum absolute atomic E-state index is 0.323. The maximum atomic E-state index is 10.2. The standard InChI is InChI=1S/C16H25BrN2O/c1-4-8-18-12(2)14-6-5-13(17)10-15(14)19-9-7-16(3,20)11-19/h5-6,10,12,18,20H,4,7-9,11H2,1-3H3. The van der Waals surface area contributed by atoms with Crippen LogP contribution in [0.1, 0.15) is 45.2 Å². The van der Waals surface area contributed by atoms with E-state index in [9.17, 15) is 5.11 Å². The molecule has 3 nitrogen and oxygen atoms in total. The van der Waals surface area contributed by atoms with Gasteiger partial charge in [0.1, 0.15) is 0 Å². The Morgan fingerprint density at radius 3 is 2.85 bits per heavy atom. The van der Waals surface area contributed by atoms with E-state index in [1.54, 1.807) is 0 Å². The zero-order chi connectivity index (χ0) is 14.8. The van der Waals surface area contributed by atoms with Gasteiger partial charge in [-0.1, -0.05) is 28.9 Å². The second kappa shape index (κ2) is 6.46. The molecule has 112 valence electrons. The maximum Gasteiger partial charge on any atom is 0.0810 e. The minimum Gasteiger partial charge on any atom is -0.388 e. The van der Waals surface area contributed by atoms with Gasteiger partial charge in [-0.05, 0) is 50.9 Å². The normalized spacial score (nSPS) is 24.1. The summed E-state index contributed by atoms with van der Waals surface area (Å²) >= 11 is 3.56. The molecule has 0 amide bonds. The van der Waals surface area contributed by atoms with Gasteiger partial charge in [0, 0.05) is 29.3 Å². The molecule has 2 atom stereocenters. The van der Waals surface area contributed by atoms with Crippen LogP contribution in [0.4, 0.5) is 5.69 Å². The fourth-order valence-corrected chi connectivity index (χ4v) is 3.13. The average Bonchev–Trinajstić information content (AvgIpc) is 2.76. The molecule has 1 heterocycles. The highest BCUT2D eigenvalue weighted by Crippen LogP contribution is 2.34. The minimum atomic E-state index is -0.570. The smallest absolute Gasteiger partial charge is 0.0810 e. The van der Waals surface area contributed by atoms with Crippen molar-refractivity contribution >= 4 is 21.6 Å². The van der Waals surface area contributed by atoms with E-state index in [1.807, 2.05) is 6.92 Å². The van der Waals surface area contributed by atoms with Crippen LogP contribution < -0.4 is 10.2 Å². The third-order valence-electron chi connectivity index (χ3n) is 3.95. The van der Waals surface area contributed by atoms with Crippen LogP contribution >= 0.6 is 15.9 Å². The fourth-order valence-electron chi connectivity index (χ4n) is 2.78. The van der Waals surface area contributed by atoms with Crippen LogP contribution in [0.3, 0.4) is 0 Å². The Morgan fingerprint density at radius 1 is 1.50 bits per heavy atom. The van der Waals surface area contributed by atoms with Crippen LogP contribution in [0, 0.1) is 0 Å². The van der Waals surface area contributed by atoms with Crippen molar-refractivity contribution in [2.24, 2.45) is 0 Å². The zero-order valence-corrected chi connectivity index (χ0v) is 14.2. The van der Waals surface area contributed by atoms with Gasteiger partial charge in [0.2, 0.25) is 0 Å². The molecule has 0 aliphatic carbocycles. The molecular formula is C16H25BrN2O. The molecule has 0 saturated carbocycles. The maximum absolute atomic E-state index is 10.2. The lowest BCUT2D eigenvalue weighted by Crippen LogP contribution is -2.31. The van der Waals surface area contributed by atoms with Crippen molar-refractivity contribution in [3.8, 4) is 0 Å². The first-order valence-corrected chi connectivity index (χ1v) is 8.22. The molecule has 0 spiro atoms. The number of nitrogens with one attached hydrogen (secondary N) is 1. The van der Waals surface area contributed by atoms with Crippen LogP contribution in [0.5, 0.6) is 0 Å². The van der Waals surface area contributed by atoms with Crippen molar-refractivity contribution in [1.29, 1.82) is 0 Å². The van der Waals surface area contributed by atoms with Crippen molar-refractivity contribution < 1.29 is 5.11 Å². The third-order valence-corrected chi connectivity index (χ3v) is 4.45. The van der Waals surface area contributed by atoms with E-state index in [4.69, 9.17) is 0 Å². The fraction of sp³-hybridized carbons (Fsp3) is 0.625. The molecule has 0 radical (unpaired) electrons. The first-order valence-electron chi connectivity index (χ1n) is 7.43. The highest BCUT2D eigenvalue weighted by Gasteiger charge is 2.32. The molecule has 1 aliphatic heterocycles. The van der Waals surface area contributed by atoms with Gasteiger partial charge in [-0.15, -0.1) is 0 Å². The lowest BCUT2D eigenvalue weighted by molar-refractivity contribution is 0.0839. The summed E-state index contributed by atoms with van der Waals surface area (Å²) in [5.74, 6) is 0. The largest absolute Gasteiger partial charge is 0.388 e. The second-order valence-corrected chi connectivity index (χ2v) is 6.96. The summed E-state index contributed by atoms with van der Waals surface area (Å²) in [6, 6.07) is 6.77. The van der Waals surface area contributed by atoms with Gasteiger partial charge >= 0.3 is 0 Å². The number of nitrogens with zero attached hydrogens (tertiary/aromatic N) is 1. The summed E-state index contributed by atoms with van der Waals surface area (Å²) in [6.07, 6.45) is 1.96. The number of benzene rings is 1. The van der Waals surface area contributed by atoms with E-state index in [1.165, 1.54) is 11.3 Å². The highest BCUT2D eigenvalue weighted by atomic mass is 79.9. The van der Waals surface area contributed by atoms with Crippen molar-refractivity contribution in [1.82, 2.24) is 5.32 Å². The molecule has 4 heteroatoms. The van der Waals surface area contributed by atoms with Gasteiger partial charge in [-0.25, -0.2) is 0 Å². The number of β-amino-alcohol motifs (C(OH)–C–C–N with tert-alkyl or cyclic N) is 1. The molecule has 1 aromatic rings. The zero-order valence-electron chi connectivity index (χ0n) is 12.6. The predicted octanol–water partition coefficient (Wildman–Crippen LogP) is 3.47. The quantitative estimate of drug-likeness (QED) is 0.861. The number of rotatable bonds is 5. The summed E-state index contributed by atoms with van der Waals surface area (Å²) in [7, 11) is 0. The summed E-state index contributed by atoms with van der Waals surface area (Å²) in [6.45, 7) is 8.95. The van der Waals surface area contributed by atoms with Crippen LogP contribution in [-0.2, 0) is 0 Å². The van der Waals surface area contributed by atoms with Crippen molar-refractivity contribution in [3.05, 3.63) is 28.2 Å². The van der Waals surface area contributed by atoms with Crippen LogP contribution in [-0.4, -0.2) is 30.3 Å². The SMILES string of the molecule is CCCNC(C)c1ccc(Br)cc1N1CCC(C)(O)C1. The van der Waals surface area contributed by atoms with Crippen molar-refractivity contribution in [3.63, 3.8) is 0 Å². The first kappa shape index (κ1) is 15.8. The van der Waals surface area contributed by atoms with E-state index in [0.717, 1.165) is 30.4 Å². The number of hydrogen-bond donors (Lipinski definition) is 2. The van der Waals surface area contributed by atoms with E-state index >= 15 is 0 Å². The molecular weight excluding hydrogens is 316 g/mol. The van der Waals surface area contributed by atoms with Gasteiger partial charge in [-0.2, -0.15) is 0 Å². The first-order chi connectivity index (χ1) is 9.43. The Balaban J connectivity index is 2.24. The van der Waals surface area contributed by atoms with Crippen LogP contribution in [0.15, 0.2) is 22.7 Å². The van der Waals surface area contributed by atoms with Gasteiger partial charge in [0.25, 0.3) is 0 Å². The predicted molar refractivity (Wildman–Crippen MR) is 88.3 cm³/mol. The van der Waals surface area contributed by atoms with Crippen LogP contribution in [0.2, 0.25) is 0 Å². The molecule has 1 saturated heterocycles.